The van der Waals surface area contributed by atoms with Gasteiger partial charge in [-0.2, -0.15) is 0 Å². The molecule has 2 N–H and O–H groups in total. The molecule has 52 heavy (non-hydrogen) atoms. The highest BCUT2D eigenvalue weighted by Gasteiger charge is 2.37. The summed E-state index contributed by atoms with van der Waals surface area (Å²) in [6, 6.07) is 30.6. The van der Waals surface area contributed by atoms with Gasteiger partial charge in [0.2, 0.25) is 11.8 Å². The lowest BCUT2D eigenvalue weighted by Gasteiger charge is -2.31. The highest BCUT2D eigenvalue weighted by Crippen LogP contribution is 2.36. The number of likely N-dealkylation sites (tertiary alicyclic amines) is 2. The van der Waals surface area contributed by atoms with Crippen LogP contribution in [0.15, 0.2) is 109 Å². The SMILES string of the molecule is CN(C)[C@@H](C(=O)N1CCC[C@H]1c1ncc(-c2ccc(-c3ccc(-c4cnc([C@@H]5CCCN5C(=O)Cc5cccs5)[nH]4)cc3)cc2)[nH]1)c1ccccc1. The van der Waals surface area contributed by atoms with Crippen LogP contribution in [0.2, 0.25) is 0 Å². The van der Waals surface area contributed by atoms with Crippen molar-refractivity contribution in [3.05, 3.63) is 131 Å². The first kappa shape index (κ1) is 33.8. The number of carbonyl (C=O) groups is 2. The lowest BCUT2D eigenvalue weighted by atomic mass is 10.0. The van der Waals surface area contributed by atoms with E-state index < -0.39 is 0 Å². The Morgan fingerprint density at radius 1 is 0.731 bits per heavy atom. The predicted molar refractivity (Wildman–Crippen MR) is 205 cm³/mol. The number of rotatable bonds is 10. The maximum Gasteiger partial charge on any atom is 0.245 e. The molecule has 264 valence electrons. The first-order valence-corrected chi connectivity index (χ1v) is 19.0. The molecule has 0 unspecified atom stereocenters. The largest absolute Gasteiger partial charge is 0.340 e. The predicted octanol–water partition coefficient (Wildman–Crippen LogP) is 8.07. The monoisotopic (exact) mass is 709 g/mol. The number of aromatic amines is 2. The fourth-order valence-electron chi connectivity index (χ4n) is 7.77. The fraction of sp³-hybridized carbons (Fsp3) is 0.286. The fourth-order valence-corrected chi connectivity index (χ4v) is 8.47. The number of hydrogen-bond donors (Lipinski definition) is 2. The number of H-pyrrole nitrogens is 2. The quantitative estimate of drug-likeness (QED) is 0.150. The van der Waals surface area contributed by atoms with Crippen LogP contribution in [0.4, 0.5) is 0 Å². The molecule has 6 aromatic rings. The number of hydrogen-bond acceptors (Lipinski definition) is 6. The van der Waals surface area contributed by atoms with E-state index in [1.807, 2.05) is 89.0 Å². The number of amides is 2. The molecule has 5 heterocycles. The summed E-state index contributed by atoms with van der Waals surface area (Å²) in [7, 11) is 3.92. The Bertz CT molecular complexity index is 2120. The van der Waals surface area contributed by atoms with Crippen molar-refractivity contribution in [2.24, 2.45) is 0 Å². The maximum absolute atomic E-state index is 13.9. The molecule has 0 saturated carbocycles. The lowest BCUT2D eigenvalue weighted by molar-refractivity contribution is -0.137. The van der Waals surface area contributed by atoms with Crippen LogP contribution in [0.1, 0.15) is 65.9 Å². The second-order valence-corrected chi connectivity index (χ2v) is 15.0. The van der Waals surface area contributed by atoms with Crippen molar-refractivity contribution in [1.29, 1.82) is 0 Å². The average molecular weight is 710 g/mol. The van der Waals surface area contributed by atoms with E-state index in [1.165, 1.54) is 0 Å². The van der Waals surface area contributed by atoms with Crippen LogP contribution in [-0.2, 0) is 16.0 Å². The van der Waals surface area contributed by atoms with Gasteiger partial charge in [-0.15, -0.1) is 11.3 Å². The molecule has 3 aromatic heterocycles. The molecule has 2 fully saturated rings. The highest BCUT2D eigenvalue weighted by atomic mass is 32.1. The molecule has 0 spiro atoms. The summed E-state index contributed by atoms with van der Waals surface area (Å²) in [5.74, 6) is 1.96. The maximum atomic E-state index is 13.9. The minimum absolute atomic E-state index is 0.0142. The number of carbonyl (C=O) groups excluding carboxylic acids is 2. The van der Waals surface area contributed by atoms with Crippen molar-refractivity contribution in [1.82, 2.24) is 34.6 Å². The van der Waals surface area contributed by atoms with Crippen molar-refractivity contribution in [2.45, 2.75) is 50.2 Å². The Morgan fingerprint density at radius 2 is 1.27 bits per heavy atom. The summed E-state index contributed by atoms with van der Waals surface area (Å²) in [4.78, 5) is 50.6. The van der Waals surface area contributed by atoms with Crippen molar-refractivity contribution in [3.8, 4) is 33.6 Å². The summed E-state index contributed by atoms with van der Waals surface area (Å²) in [5.41, 5.74) is 7.23. The van der Waals surface area contributed by atoms with E-state index in [1.54, 1.807) is 11.3 Å². The molecule has 9 nitrogen and oxygen atoms in total. The van der Waals surface area contributed by atoms with Gasteiger partial charge in [0, 0.05) is 18.0 Å². The number of benzene rings is 3. The molecular formula is C42H43N7O2S. The topological polar surface area (TPSA) is 101 Å². The Balaban J connectivity index is 0.925. The first-order chi connectivity index (χ1) is 25.4. The van der Waals surface area contributed by atoms with E-state index in [4.69, 9.17) is 9.97 Å². The van der Waals surface area contributed by atoms with E-state index in [2.05, 4.69) is 58.5 Å². The molecule has 2 aliphatic heterocycles. The summed E-state index contributed by atoms with van der Waals surface area (Å²) in [5, 5.41) is 2.02. The third-order valence-electron chi connectivity index (χ3n) is 10.4. The third kappa shape index (κ3) is 6.83. The van der Waals surface area contributed by atoms with Crippen LogP contribution in [0.25, 0.3) is 33.6 Å². The summed E-state index contributed by atoms with van der Waals surface area (Å²) in [6.45, 7) is 1.49. The molecule has 10 heteroatoms. The number of thiophene rings is 1. The third-order valence-corrected chi connectivity index (χ3v) is 11.3. The van der Waals surface area contributed by atoms with Crippen LogP contribution in [0, 0.1) is 0 Å². The van der Waals surface area contributed by atoms with Crippen LogP contribution >= 0.6 is 11.3 Å². The van der Waals surface area contributed by atoms with Crippen LogP contribution in [0.3, 0.4) is 0 Å². The van der Waals surface area contributed by atoms with Crippen LogP contribution < -0.4 is 0 Å². The van der Waals surface area contributed by atoms with Gasteiger partial charge in [0.25, 0.3) is 0 Å². The van der Waals surface area contributed by atoms with Gasteiger partial charge in [-0.3, -0.25) is 14.5 Å². The summed E-state index contributed by atoms with van der Waals surface area (Å²) in [6.07, 6.45) is 7.94. The molecule has 0 aliphatic carbocycles. The van der Waals surface area contributed by atoms with E-state index in [9.17, 15) is 9.59 Å². The van der Waals surface area contributed by atoms with E-state index in [0.29, 0.717) is 6.42 Å². The number of imidazole rings is 2. The molecular weight excluding hydrogens is 667 g/mol. The Kier molecular flexibility index (Phi) is 9.58. The molecule has 0 radical (unpaired) electrons. The second kappa shape index (κ2) is 14.7. The van der Waals surface area contributed by atoms with Gasteiger partial charge in [-0.25, -0.2) is 9.97 Å². The second-order valence-electron chi connectivity index (χ2n) is 14.0. The number of aromatic nitrogens is 4. The smallest absolute Gasteiger partial charge is 0.245 e. The molecule has 3 aromatic carbocycles. The zero-order chi connectivity index (χ0) is 35.6. The van der Waals surface area contributed by atoms with Crippen molar-refractivity contribution in [2.75, 3.05) is 27.2 Å². The normalized spacial score (nSPS) is 18.0. The molecule has 2 saturated heterocycles. The molecule has 3 atom stereocenters. The number of nitrogens with one attached hydrogen (secondary N) is 2. The van der Waals surface area contributed by atoms with Gasteiger partial charge >= 0.3 is 0 Å². The van der Waals surface area contributed by atoms with Crippen molar-refractivity contribution < 1.29 is 9.59 Å². The van der Waals surface area contributed by atoms with Gasteiger partial charge in [-0.1, -0.05) is 84.9 Å². The van der Waals surface area contributed by atoms with Crippen LogP contribution in [-0.4, -0.2) is 73.6 Å². The van der Waals surface area contributed by atoms with Gasteiger partial charge in [-0.05, 0) is 79.0 Å². The van der Waals surface area contributed by atoms with Gasteiger partial charge in [0.1, 0.15) is 17.7 Å². The highest BCUT2D eigenvalue weighted by molar-refractivity contribution is 7.10. The Hall–Kier alpha value is -5.32. The van der Waals surface area contributed by atoms with Gasteiger partial charge in [0.05, 0.1) is 42.3 Å². The minimum atomic E-state index is -0.337. The first-order valence-electron chi connectivity index (χ1n) is 18.1. The molecule has 2 amide bonds. The average Bonchev–Trinajstić information content (AvgIpc) is 4.02. The van der Waals surface area contributed by atoms with E-state index >= 15 is 0 Å². The Labute approximate surface area is 308 Å². The van der Waals surface area contributed by atoms with Gasteiger partial charge in [0.15, 0.2) is 0 Å². The zero-order valence-corrected chi connectivity index (χ0v) is 30.4. The van der Waals surface area contributed by atoms with E-state index in [-0.39, 0.29) is 29.9 Å². The summed E-state index contributed by atoms with van der Waals surface area (Å²) >= 11 is 1.63. The standard InChI is InChI=1S/C42H43N7O2S/c1-47(2)39(32-9-4-3-5-10-32)42(51)49-23-7-13-37(49)41-44-27-35(46-41)31-20-16-29(17-21-31)28-14-18-30(19-15-28)34-26-43-40(45-34)36-12-6-22-48(36)38(50)25-33-11-8-24-52-33/h3-5,8-11,14-21,24,26-27,36-37,39H,6-7,12-13,22-23,25H2,1-2H3,(H,43,45)(H,44,46)/t36-,37-,39+/m0/s1. The zero-order valence-electron chi connectivity index (χ0n) is 29.5. The summed E-state index contributed by atoms with van der Waals surface area (Å²) < 4.78 is 0. The number of likely N-dealkylation sites (N-methyl/N-ethyl adjacent to an activating group) is 1. The minimum Gasteiger partial charge on any atom is -0.340 e. The molecule has 0 bridgehead atoms. The van der Waals surface area contributed by atoms with Gasteiger partial charge < -0.3 is 19.8 Å². The lowest BCUT2D eigenvalue weighted by Crippen LogP contribution is -2.40. The van der Waals surface area contributed by atoms with Crippen molar-refractivity contribution in [3.63, 3.8) is 0 Å². The van der Waals surface area contributed by atoms with Crippen LogP contribution in [0.5, 0.6) is 0 Å². The number of nitrogens with zero attached hydrogens (tertiary/aromatic N) is 5. The van der Waals surface area contributed by atoms with Crippen molar-refractivity contribution >= 4 is 23.2 Å². The molecule has 2 aliphatic rings. The Morgan fingerprint density at radius 3 is 1.81 bits per heavy atom. The molecule has 8 rings (SSSR count). The van der Waals surface area contributed by atoms with E-state index in [0.717, 1.165) is 94.5 Å².